The molecule has 0 radical (unpaired) electrons. The molecule has 0 bridgehead atoms. The Morgan fingerprint density at radius 1 is 1.19 bits per heavy atom. The summed E-state index contributed by atoms with van der Waals surface area (Å²) in [7, 11) is 2.03. The number of nitrogens with one attached hydrogen (secondary N) is 1. The molecule has 2 heteroatoms. The zero-order valence-corrected chi connectivity index (χ0v) is 10.6. The second-order valence-electron chi connectivity index (χ2n) is 4.04. The fraction of sp³-hybridized carbons (Fsp3) is 0.286. The summed E-state index contributed by atoms with van der Waals surface area (Å²) in [5.41, 5.74) is 2.68. The van der Waals surface area contributed by atoms with Crippen LogP contribution in [0.3, 0.4) is 0 Å². The van der Waals surface area contributed by atoms with E-state index in [1.807, 2.05) is 18.4 Å². The third kappa shape index (κ3) is 2.71. The second kappa shape index (κ2) is 5.28. The summed E-state index contributed by atoms with van der Waals surface area (Å²) in [5, 5.41) is 5.52. The minimum atomic E-state index is 0.416. The van der Waals surface area contributed by atoms with Gasteiger partial charge in [0, 0.05) is 17.3 Å². The molecule has 0 saturated heterocycles. The van der Waals surface area contributed by atoms with Crippen molar-refractivity contribution in [3.63, 3.8) is 0 Å². The first kappa shape index (κ1) is 11.4. The summed E-state index contributed by atoms with van der Waals surface area (Å²) in [6, 6.07) is 13.5. The van der Waals surface area contributed by atoms with E-state index < -0.39 is 0 Å². The van der Waals surface area contributed by atoms with Crippen LogP contribution in [0.4, 0.5) is 0 Å². The highest BCUT2D eigenvalue weighted by molar-refractivity contribution is 7.09. The maximum absolute atomic E-state index is 3.38. The monoisotopic (exact) mass is 231 g/mol. The molecule has 1 unspecified atom stereocenters. The van der Waals surface area contributed by atoms with Gasteiger partial charge in [0.15, 0.2) is 0 Å². The fourth-order valence-electron chi connectivity index (χ4n) is 1.82. The summed E-state index contributed by atoms with van der Waals surface area (Å²) in [4.78, 5) is 1.43. The highest BCUT2D eigenvalue weighted by Gasteiger charge is 2.09. The second-order valence-corrected chi connectivity index (χ2v) is 5.07. The molecule has 0 fully saturated rings. The average molecular weight is 231 g/mol. The molecule has 1 N–H and O–H groups in total. The van der Waals surface area contributed by atoms with Gasteiger partial charge in [-0.1, -0.05) is 35.9 Å². The van der Waals surface area contributed by atoms with Crippen molar-refractivity contribution in [1.29, 1.82) is 0 Å². The Labute approximate surface area is 101 Å². The Hall–Kier alpha value is -1.12. The van der Waals surface area contributed by atoms with Crippen molar-refractivity contribution in [3.05, 3.63) is 57.8 Å². The molecular weight excluding hydrogens is 214 g/mol. The van der Waals surface area contributed by atoms with E-state index in [0.29, 0.717) is 6.04 Å². The van der Waals surface area contributed by atoms with Crippen LogP contribution in [0.15, 0.2) is 41.8 Å². The molecule has 84 valence electrons. The van der Waals surface area contributed by atoms with Gasteiger partial charge in [0.25, 0.3) is 0 Å². The van der Waals surface area contributed by atoms with Gasteiger partial charge in [0.1, 0.15) is 0 Å². The number of aryl methyl sites for hydroxylation is 1. The van der Waals surface area contributed by atoms with Crippen LogP contribution in [-0.2, 0) is 6.42 Å². The van der Waals surface area contributed by atoms with Crippen molar-refractivity contribution in [1.82, 2.24) is 5.32 Å². The van der Waals surface area contributed by atoms with Gasteiger partial charge >= 0.3 is 0 Å². The topological polar surface area (TPSA) is 12.0 Å². The van der Waals surface area contributed by atoms with Gasteiger partial charge in [-0.05, 0) is 31.0 Å². The average Bonchev–Trinajstić information content (AvgIpc) is 2.80. The first-order valence-electron chi connectivity index (χ1n) is 5.56. The summed E-state index contributed by atoms with van der Waals surface area (Å²) in [5.74, 6) is 0. The van der Waals surface area contributed by atoms with Crippen molar-refractivity contribution in [2.24, 2.45) is 0 Å². The van der Waals surface area contributed by atoms with E-state index in [1.54, 1.807) is 0 Å². The lowest BCUT2D eigenvalue weighted by Crippen LogP contribution is -2.18. The molecule has 0 aliphatic carbocycles. The van der Waals surface area contributed by atoms with Crippen LogP contribution in [-0.4, -0.2) is 7.05 Å². The van der Waals surface area contributed by atoms with E-state index >= 15 is 0 Å². The SMILES string of the molecule is CNC(Cc1cccs1)c1ccc(C)cc1. The summed E-state index contributed by atoms with van der Waals surface area (Å²) in [6.07, 6.45) is 1.07. The van der Waals surface area contributed by atoms with E-state index in [4.69, 9.17) is 0 Å². The van der Waals surface area contributed by atoms with Crippen LogP contribution < -0.4 is 5.32 Å². The normalized spacial score (nSPS) is 12.6. The lowest BCUT2D eigenvalue weighted by molar-refractivity contribution is 0.596. The molecule has 1 aromatic heterocycles. The molecule has 2 aromatic rings. The summed E-state index contributed by atoms with van der Waals surface area (Å²) >= 11 is 1.82. The van der Waals surface area contributed by atoms with Crippen molar-refractivity contribution >= 4 is 11.3 Å². The maximum atomic E-state index is 3.38. The standard InChI is InChI=1S/C14H17NS/c1-11-5-7-12(8-6-11)14(15-2)10-13-4-3-9-16-13/h3-9,14-15H,10H2,1-2H3. The molecule has 0 aliphatic rings. The first-order valence-corrected chi connectivity index (χ1v) is 6.44. The van der Waals surface area contributed by atoms with Gasteiger partial charge in [-0.25, -0.2) is 0 Å². The molecule has 1 nitrogen and oxygen atoms in total. The maximum Gasteiger partial charge on any atom is 0.0366 e. The Bertz CT molecular complexity index is 417. The van der Waals surface area contributed by atoms with E-state index in [-0.39, 0.29) is 0 Å². The third-order valence-corrected chi connectivity index (χ3v) is 3.71. The minimum Gasteiger partial charge on any atom is -0.313 e. The van der Waals surface area contributed by atoms with Gasteiger partial charge in [0.2, 0.25) is 0 Å². The predicted octanol–water partition coefficient (Wildman–Crippen LogP) is 3.56. The van der Waals surface area contributed by atoms with Crippen LogP contribution >= 0.6 is 11.3 Å². The van der Waals surface area contributed by atoms with E-state index in [1.165, 1.54) is 16.0 Å². The lowest BCUT2D eigenvalue weighted by Gasteiger charge is -2.15. The van der Waals surface area contributed by atoms with Crippen molar-refractivity contribution in [2.75, 3.05) is 7.05 Å². The smallest absolute Gasteiger partial charge is 0.0366 e. The van der Waals surface area contributed by atoms with Gasteiger partial charge in [0.05, 0.1) is 0 Å². The molecular formula is C14H17NS. The van der Waals surface area contributed by atoms with Crippen molar-refractivity contribution in [2.45, 2.75) is 19.4 Å². The van der Waals surface area contributed by atoms with Crippen LogP contribution in [0.2, 0.25) is 0 Å². The van der Waals surface area contributed by atoms with Crippen molar-refractivity contribution < 1.29 is 0 Å². The van der Waals surface area contributed by atoms with Crippen LogP contribution in [0.5, 0.6) is 0 Å². The number of hydrogen-bond donors (Lipinski definition) is 1. The Morgan fingerprint density at radius 2 is 1.94 bits per heavy atom. The molecule has 16 heavy (non-hydrogen) atoms. The number of likely N-dealkylation sites (N-methyl/N-ethyl adjacent to an activating group) is 1. The molecule has 1 aromatic carbocycles. The largest absolute Gasteiger partial charge is 0.313 e. The highest BCUT2D eigenvalue weighted by atomic mass is 32.1. The molecule has 1 atom stereocenters. The van der Waals surface area contributed by atoms with Gasteiger partial charge in [-0.15, -0.1) is 11.3 Å². The number of thiophene rings is 1. The van der Waals surface area contributed by atoms with Gasteiger partial charge in [-0.3, -0.25) is 0 Å². The number of rotatable bonds is 4. The zero-order chi connectivity index (χ0) is 11.4. The molecule has 2 rings (SSSR count). The summed E-state index contributed by atoms with van der Waals surface area (Å²) in [6.45, 7) is 2.12. The molecule has 1 heterocycles. The molecule has 0 amide bonds. The fourth-order valence-corrected chi connectivity index (χ4v) is 2.57. The lowest BCUT2D eigenvalue weighted by atomic mass is 10.0. The zero-order valence-electron chi connectivity index (χ0n) is 9.73. The van der Waals surface area contributed by atoms with Gasteiger partial charge < -0.3 is 5.32 Å². The molecule has 0 aliphatic heterocycles. The predicted molar refractivity (Wildman–Crippen MR) is 71.0 cm³/mol. The van der Waals surface area contributed by atoms with Gasteiger partial charge in [-0.2, -0.15) is 0 Å². The highest BCUT2D eigenvalue weighted by Crippen LogP contribution is 2.21. The van der Waals surface area contributed by atoms with Crippen LogP contribution in [0.25, 0.3) is 0 Å². The van der Waals surface area contributed by atoms with E-state index in [9.17, 15) is 0 Å². The third-order valence-electron chi connectivity index (χ3n) is 2.81. The Balaban J connectivity index is 2.13. The van der Waals surface area contributed by atoms with Crippen LogP contribution in [0, 0.1) is 6.92 Å². The number of benzene rings is 1. The molecule has 0 saturated carbocycles. The minimum absolute atomic E-state index is 0.416. The Morgan fingerprint density at radius 3 is 2.50 bits per heavy atom. The van der Waals surface area contributed by atoms with E-state index in [2.05, 4.69) is 54.0 Å². The Kier molecular flexibility index (Phi) is 3.75. The summed E-state index contributed by atoms with van der Waals surface area (Å²) < 4.78 is 0. The van der Waals surface area contributed by atoms with E-state index in [0.717, 1.165) is 6.42 Å². The quantitative estimate of drug-likeness (QED) is 0.848. The number of hydrogen-bond acceptors (Lipinski definition) is 2. The first-order chi connectivity index (χ1) is 7.79. The molecule has 0 spiro atoms. The van der Waals surface area contributed by atoms with Crippen LogP contribution in [0.1, 0.15) is 22.0 Å². The van der Waals surface area contributed by atoms with Crippen molar-refractivity contribution in [3.8, 4) is 0 Å².